The zero-order chi connectivity index (χ0) is 19.9. The Morgan fingerprint density at radius 3 is 2.73 bits per heavy atom. The van der Waals surface area contributed by atoms with Crippen molar-refractivity contribution in [2.75, 3.05) is 0 Å². The summed E-state index contributed by atoms with van der Waals surface area (Å²) >= 11 is 0. The van der Waals surface area contributed by atoms with E-state index in [0.717, 1.165) is 0 Å². The van der Waals surface area contributed by atoms with Gasteiger partial charge in [-0.25, -0.2) is 0 Å². The van der Waals surface area contributed by atoms with E-state index in [1.165, 1.54) is 6.08 Å². The summed E-state index contributed by atoms with van der Waals surface area (Å²) in [4.78, 5) is 13.2. The lowest BCUT2D eigenvalue weighted by molar-refractivity contribution is -0.133. The van der Waals surface area contributed by atoms with Crippen LogP contribution in [0, 0.1) is 22.1 Å². The molecular formula is C20H28O2. The van der Waals surface area contributed by atoms with Crippen LogP contribution >= 0.6 is 0 Å². The zero-order valence-electron chi connectivity index (χ0n) is 17.9. The van der Waals surface area contributed by atoms with Crippen molar-refractivity contribution in [1.82, 2.24) is 0 Å². The van der Waals surface area contributed by atoms with E-state index in [2.05, 4.69) is 6.58 Å². The molecular weight excluding hydrogens is 272 g/mol. The second-order valence-corrected chi connectivity index (χ2v) is 8.09. The number of carbonyl (C=O) groups excluding carboxylic acids is 1. The minimum absolute atomic E-state index is 0.159. The van der Waals surface area contributed by atoms with Crippen LogP contribution in [0.4, 0.5) is 0 Å². The molecule has 3 aliphatic carbocycles. The summed E-state index contributed by atoms with van der Waals surface area (Å²) in [7, 11) is 0. The molecule has 3 aliphatic rings. The molecule has 4 atom stereocenters. The van der Waals surface area contributed by atoms with Crippen LogP contribution in [-0.2, 0) is 4.79 Å². The van der Waals surface area contributed by atoms with Crippen LogP contribution in [0.5, 0.6) is 0 Å². The number of hydrogen-bond acceptors (Lipinski definition) is 2. The van der Waals surface area contributed by atoms with E-state index in [0.29, 0.717) is 17.6 Å². The van der Waals surface area contributed by atoms with Crippen LogP contribution < -0.4 is 0 Å². The van der Waals surface area contributed by atoms with Crippen LogP contribution in [0.2, 0.25) is 0 Å². The molecule has 1 saturated carbocycles. The maximum Gasteiger partial charge on any atom is 0.160 e. The van der Waals surface area contributed by atoms with Crippen LogP contribution in [0.1, 0.15) is 58.8 Å². The maximum atomic E-state index is 13.2. The number of aliphatic hydroxyl groups is 1. The third-order valence-corrected chi connectivity index (χ3v) is 5.84. The highest BCUT2D eigenvalue weighted by Crippen LogP contribution is 2.60. The van der Waals surface area contributed by atoms with Gasteiger partial charge < -0.3 is 5.11 Å². The Bertz CT molecular complexity index is 766. The molecule has 2 heteroatoms. The monoisotopic (exact) mass is 304 g/mol. The van der Waals surface area contributed by atoms with E-state index < -0.39 is 40.4 Å². The summed E-state index contributed by atoms with van der Waals surface area (Å²) in [5, 5.41) is 11.1. The zero-order valence-corrected chi connectivity index (χ0v) is 13.9. The quantitative estimate of drug-likeness (QED) is 0.737. The van der Waals surface area contributed by atoms with E-state index in [9.17, 15) is 9.90 Å². The highest BCUT2D eigenvalue weighted by Gasteiger charge is 2.57. The second-order valence-electron chi connectivity index (χ2n) is 8.09. The summed E-state index contributed by atoms with van der Waals surface area (Å²) in [6.07, 6.45) is 1.19. The van der Waals surface area contributed by atoms with Gasteiger partial charge in [-0.1, -0.05) is 39.8 Å². The minimum atomic E-state index is -1.72. The van der Waals surface area contributed by atoms with E-state index >= 15 is 0 Å². The van der Waals surface area contributed by atoms with Gasteiger partial charge in [0.05, 0.1) is 7.47 Å². The van der Waals surface area contributed by atoms with Crippen molar-refractivity contribution in [3.05, 3.63) is 35.9 Å². The van der Waals surface area contributed by atoms with Crippen molar-refractivity contribution in [2.45, 2.75) is 59.4 Å². The molecule has 0 aromatic carbocycles. The Morgan fingerprint density at radius 1 is 1.41 bits per heavy atom. The van der Waals surface area contributed by atoms with Gasteiger partial charge in [-0.05, 0) is 53.7 Å². The summed E-state index contributed by atoms with van der Waals surface area (Å²) in [6.45, 7) is 11.0. The Kier molecular flexibility index (Phi) is 2.42. The van der Waals surface area contributed by atoms with Gasteiger partial charge in [-0.2, -0.15) is 0 Å². The van der Waals surface area contributed by atoms with Crippen molar-refractivity contribution in [1.29, 1.82) is 0 Å². The number of hydrogen-bond donors (Lipinski definition) is 1. The Morgan fingerprint density at radius 2 is 2.09 bits per heavy atom. The van der Waals surface area contributed by atoms with Crippen LogP contribution in [0.15, 0.2) is 35.9 Å². The summed E-state index contributed by atoms with van der Waals surface area (Å²) < 4.78 is 34.3. The molecule has 0 radical (unpaired) electrons. The van der Waals surface area contributed by atoms with Crippen molar-refractivity contribution >= 4 is 5.78 Å². The van der Waals surface area contributed by atoms with Gasteiger partial charge in [0.1, 0.15) is 0 Å². The van der Waals surface area contributed by atoms with Gasteiger partial charge in [0.2, 0.25) is 0 Å². The SMILES string of the molecule is [2H]C1=C2C(=CC([2H])([2H])CC2(C)C)[C@]2(C)[C@@H](O)C[C@](C)(C=C)C[C@@]2([2H])C1=O. The molecule has 0 heterocycles. The fraction of sp³-hybridized carbons (Fsp3) is 0.650. The molecule has 0 aliphatic heterocycles. The lowest BCUT2D eigenvalue weighted by Gasteiger charge is -2.56. The van der Waals surface area contributed by atoms with E-state index in [-0.39, 0.29) is 18.9 Å². The highest BCUT2D eigenvalue weighted by molar-refractivity contribution is 5.96. The number of aliphatic hydroxyl groups excluding tert-OH is 1. The fourth-order valence-corrected chi connectivity index (χ4v) is 4.09. The number of rotatable bonds is 1. The average Bonchev–Trinajstić information content (AvgIpc) is 2.47. The Labute approximate surface area is 139 Å². The largest absolute Gasteiger partial charge is 0.392 e. The molecule has 0 bridgehead atoms. The first-order chi connectivity index (χ1) is 11.6. The number of fused-ring (bicyclic) bond motifs is 3. The number of ketones is 1. The molecule has 0 unspecified atom stereocenters. The van der Waals surface area contributed by atoms with Crippen LogP contribution in [0.3, 0.4) is 0 Å². The first kappa shape index (κ1) is 11.4. The molecule has 0 aromatic rings. The fourth-order valence-electron chi connectivity index (χ4n) is 4.09. The molecule has 0 amide bonds. The summed E-state index contributed by atoms with van der Waals surface area (Å²) in [6, 6.07) is -0.204. The molecule has 0 saturated heterocycles. The predicted molar refractivity (Wildman–Crippen MR) is 89.3 cm³/mol. The van der Waals surface area contributed by atoms with Crippen molar-refractivity contribution in [3.8, 4) is 0 Å². The third-order valence-electron chi connectivity index (χ3n) is 5.84. The molecule has 2 nitrogen and oxygen atoms in total. The van der Waals surface area contributed by atoms with Crippen LogP contribution in [-0.4, -0.2) is 17.0 Å². The maximum absolute atomic E-state index is 13.2. The molecule has 1 N–H and O–H groups in total. The minimum Gasteiger partial charge on any atom is -0.392 e. The molecule has 3 rings (SSSR count). The van der Waals surface area contributed by atoms with Crippen molar-refractivity contribution < 1.29 is 15.4 Å². The Hall–Kier alpha value is -1.15. The number of allylic oxidation sites excluding steroid dienone is 4. The van der Waals surface area contributed by atoms with Crippen molar-refractivity contribution in [3.63, 3.8) is 0 Å². The van der Waals surface area contributed by atoms with Gasteiger partial charge >= 0.3 is 0 Å². The smallest absolute Gasteiger partial charge is 0.160 e. The van der Waals surface area contributed by atoms with E-state index in [1.54, 1.807) is 13.0 Å². The first-order valence-electron chi connectivity index (χ1n) is 9.95. The van der Waals surface area contributed by atoms with Gasteiger partial charge in [-0.3, -0.25) is 4.79 Å². The van der Waals surface area contributed by atoms with Gasteiger partial charge in [0.25, 0.3) is 0 Å². The summed E-state index contributed by atoms with van der Waals surface area (Å²) in [5.41, 5.74) is -1.60. The summed E-state index contributed by atoms with van der Waals surface area (Å²) in [5.74, 6) is -2.29. The average molecular weight is 304 g/mol. The molecule has 0 aromatic heterocycles. The lowest BCUT2D eigenvalue weighted by atomic mass is 9.48. The number of carbonyl (C=O) groups is 1. The molecule has 120 valence electrons. The van der Waals surface area contributed by atoms with Crippen LogP contribution in [0.25, 0.3) is 0 Å². The standard InChI is InChI=1S/C20H28O2/c1-6-19(4)11-15-16(21)10-14-13(8-7-9-18(14,2)3)20(15,5)17(22)12-19/h6,8,10,15,17,22H,1,7,9,11-12H2,2-5H3/t15-,17-,19+,20-/m0/s1/i7D2,10D,15D. The van der Waals surface area contributed by atoms with E-state index in [4.69, 9.17) is 5.48 Å². The molecule has 22 heavy (non-hydrogen) atoms. The highest BCUT2D eigenvalue weighted by atomic mass is 16.3. The van der Waals surface area contributed by atoms with Gasteiger partial charge in [0.15, 0.2) is 5.78 Å². The normalized spacial score (nSPS) is 52.3. The Balaban J connectivity index is 2.36. The van der Waals surface area contributed by atoms with Gasteiger partial charge in [0, 0.05) is 15.4 Å². The molecule has 1 fully saturated rings. The topological polar surface area (TPSA) is 37.3 Å². The third kappa shape index (κ3) is 2.00. The molecule has 0 spiro atoms. The lowest BCUT2D eigenvalue weighted by Crippen LogP contribution is -2.55. The van der Waals surface area contributed by atoms with Gasteiger partial charge in [-0.15, -0.1) is 6.58 Å². The predicted octanol–water partition coefficient (Wildman–Crippen LogP) is 4.21. The van der Waals surface area contributed by atoms with E-state index in [1.807, 2.05) is 20.8 Å². The van der Waals surface area contributed by atoms with Crippen molar-refractivity contribution in [2.24, 2.45) is 22.1 Å². The first-order valence-corrected chi connectivity index (χ1v) is 7.95. The second kappa shape index (κ2) is 4.67.